The molecule has 5 heteroatoms. The fraction of sp³-hybridized carbons (Fsp3) is 0.467. The maximum atomic E-state index is 11.2. The second kappa shape index (κ2) is 7.24. The Hall–Kier alpha value is -1.62. The summed E-state index contributed by atoms with van der Waals surface area (Å²) in [7, 11) is 3.71. The van der Waals surface area contributed by atoms with Gasteiger partial charge in [-0.25, -0.2) is 0 Å². The molecule has 0 bridgehead atoms. The topological polar surface area (TPSA) is 52.6 Å². The fourth-order valence-corrected chi connectivity index (χ4v) is 2.00. The molecule has 0 heterocycles. The van der Waals surface area contributed by atoms with Crippen LogP contribution in [0.25, 0.3) is 0 Å². The largest absolute Gasteiger partial charge is 0.481 e. The summed E-state index contributed by atoms with van der Waals surface area (Å²) in [6.45, 7) is 3.80. The van der Waals surface area contributed by atoms with Gasteiger partial charge in [0.15, 0.2) is 5.11 Å². The highest BCUT2D eigenvalue weighted by atomic mass is 32.1. The van der Waals surface area contributed by atoms with Crippen molar-refractivity contribution < 1.29 is 9.90 Å². The Kier molecular flexibility index (Phi) is 5.95. The van der Waals surface area contributed by atoms with Crippen LogP contribution < -0.4 is 5.32 Å². The van der Waals surface area contributed by atoms with Gasteiger partial charge in [-0.1, -0.05) is 25.5 Å². The zero-order valence-electron chi connectivity index (χ0n) is 12.4. The van der Waals surface area contributed by atoms with Gasteiger partial charge in [0.05, 0.1) is 5.92 Å². The monoisotopic (exact) mass is 294 g/mol. The van der Waals surface area contributed by atoms with Crippen molar-refractivity contribution in [1.29, 1.82) is 0 Å². The van der Waals surface area contributed by atoms with Crippen LogP contribution in [0.15, 0.2) is 18.2 Å². The molecule has 4 nitrogen and oxygen atoms in total. The Balaban J connectivity index is 3.15. The first-order valence-electron chi connectivity index (χ1n) is 6.70. The van der Waals surface area contributed by atoms with Crippen molar-refractivity contribution in [3.05, 3.63) is 29.3 Å². The van der Waals surface area contributed by atoms with Gasteiger partial charge in [-0.15, -0.1) is 0 Å². The summed E-state index contributed by atoms with van der Waals surface area (Å²) in [4.78, 5) is 13.0. The Morgan fingerprint density at radius 2 is 2.10 bits per heavy atom. The van der Waals surface area contributed by atoms with Gasteiger partial charge in [0, 0.05) is 19.8 Å². The zero-order chi connectivity index (χ0) is 15.3. The molecular weight excluding hydrogens is 272 g/mol. The molecule has 1 aromatic carbocycles. The van der Waals surface area contributed by atoms with Crippen molar-refractivity contribution in [2.45, 2.75) is 32.6 Å². The molecule has 20 heavy (non-hydrogen) atoms. The van der Waals surface area contributed by atoms with Gasteiger partial charge in [0.2, 0.25) is 0 Å². The van der Waals surface area contributed by atoms with Crippen molar-refractivity contribution in [3.8, 4) is 0 Å². The highest BCUT2D eigenvalue weighted by Crippen LogP contribution is 2.27. The summed E-state index contributed by atoms with van der Waals surface area (Å²) in [5.41, 5.74) is 2.71. The first-order chi connectivity index (χ1) is 9.36. The van der Waals surface area contributed by atoms with Gasteiger partial charge in [-0.05, 0) is 42.8 Å². The summed E-state index contributed by atoms with van der Waals surface area (Å²) < 4.78 is 0. The van der Waals surface area contributed by atoms with Crippen molar-refractivity contribution in [2.24, 2.45) is 0 Å². The number of carboxylic acids is 1. The molecule has 110 valence electrons. The molecule has 0 aliphatic rings. The minimum absolute atomic E-state index is 0.567. The highest BCUT2D eigenvalue weighted by Gasteiger charge is 2.18. The summed E-state index contributed by atoms with van der Waals surface area (Å²) in [6.07, 6.45) is 2.01. The van der Waals surface area contributed by atoms with E-state index in [0.717, 1.165) is 24.1 Å². The third-order valence-corrected chi connectivity index (χ3v) is 3.61. The van der Waals surface area contributed by atoms with Crippen LogP contribution in [0.1, 0.15) is 37.3 Å². The Morgan fingerprint density at radius 1 is 1.45 bits per heavy atom. The van der Waals surface area contributed by atoms with E-state index in [9.17, 15) is 9.90 Å². The second-order valence-corrected chi connectivity index (χ2v) is 5.44. The van der Waals surface area contributed by atoms with Gasteiger partial charge in [-0.3, -0.25) is 4.79 Å². The molecule has 2 N–H and O–H groups in total. The molecule has 0 saturated carbocycles. The maximum Gasteiger partial charge on any atom is 0.310 e. The van der Waals surface area contributed by atoms with Crippen LogP contribution >= 0.6 is 12.2 Å². The van der Waals surface area contributed by atoms with Gasteiger partial charge in [-0.2, -0.15) is 0 Å². The van der Waals surface area contributed by atoms with Crippen molar-refractivity contribution in [2.75, 3.05) is 19.4 Å². The van der Waals surface area contributed by atoms with Crippen molar-refractivity contribution in [1.82, 2.24) is 4.90 Å². The standard InChI is InChI=1S/C15H22N2O2S/c1-5-6-11-7-8-12(10(2)14(18)19)13(9-11)16-15(20)17(3)4/h7-10H,5-6H2,1-4H3,(H,16,20)(H,18,19). The molecule has 0 radical (unpaired) electrons. The number of nitrogens with one attached hydrogen (secondary N) is 1. The van der Waals surface area contributed by atoms with E-state index in [0.29, 0.717) is 5.11 Å². The molecule has 1 atom stereocenters. The van der Waals surface area contributed by atoms with Gasteiger partial charge in [0.1, 0.15) is 0 Å². The number of thiocarbonyl (C=S) groups is 1. The molecule has 0 aromatic heterocycles. The van der Waals surface area contributed by atoms with Crippen LogP contribution in [0.2, 0.25) is 0 Å². The molecule has 0 aliphatic carbocycles. The number of hydrogen-bond acceptors (Lipinski definition) is 2. The lowest BCUT2D eigenvalue weighted by Crippen LogP contribution is -2.28. The molecule has 1 rings (SSSR count). The number of carbonyl (C=O) groups is 1. The van der Waals surface area contributed by atoms with Crippen molar-refractivity contribution >= 4 is 29.0 Å². The Labute approximate surface area is 125 Å². The molecule has 0 fully saturated rings. The summed E-state index contributed by atoms with van der Waals surface area (Å²) in [5, 5.41) is 12.9. The number of nitrogens with zero attached hydrogens (tertiary/aromatic N) is 1. The third-order valence-electron chi connectivity index (χ3n) is 3.14. The summed E-state index contributed by atoms with van der Waals surface area (Å²) in [5.74, 6) is -1.41. The van der Waals surface area contributed by atoms with Crippen LogP contribution in [0.5, 0.6) is 0 Å². The molecule has 0 amide bonds. The van der Waals surface area contributed by atoms with Crippen LogP contribution in [0, 0.1) is 0 Å². The van der Waals surface area contributed by atoms with Crippen molar-refractivity contribution in [3.63, 3.8) is 0 Å². The Morgan fingerprint density at radius 3 is 2.60 bits per heavy atom. The normalized spacial score (nSPS) is 11.8. The van der Waals surface area contributed by atoms with E-state index in [1.165, 1.54) is 5.56 Å². The van der Waals surface area contributed by atoms with Crippen LogP contribution in [0.4, 0.5) is 5.69 Å². The molecule has 1 unspecified atom stereocenters. The quantitative estimate of drug-likeness (QED) is 0.817. The molecule has 0 saturated heterocycles. The van der Waals surface area contributed by atoms with Gasteiger partial charge >= 0.3 is 5.97 Å². The van der Waals surface area contributed by atoms with E-state index in [2.05, 4.69) is 12.2 Å². The fourth-order valence-electron chi connectivity index (χ4n) is 1.89. The van der Waals surface area contributed by atoms with E-state index < -0.39 is 11.9 Å². The minimum Gasteiger partial charge on any atom is -0.481 e. The number of benzene rings is 1. The lowest BCUT2D eigenvalue weighted by molar-refractivity contribution is -0.138. The number of anilines is 1. The first kappa shape index (κ1) is 16.4. The number of hydrogen-bond donors (Lipinski definition) is 2. The predicted octanol–water partition coefficient (Wildman–Crippen LogP) is 3.09. The molecular formula is C15H22N2O2S. The van der Waals surface area contributed by atoms with Crippen LogP contribution in [-0.4, -0.2) is 35.2 Å². The molecule has 0 spiro atoms. The minimum atomic E-state index is -0.841. The number of aryl methyl sites for hydroxylation is 1. The number of carboxylic acid groups (broad SMARTS) is 1. The van der Waals surface area contributed by atoms with E-state index in [1.807, 2.05) is 32.3 Å². The third kappa shape index (κ3) is 4.20. The van der Waals surface area contributed by atoms with E-state index in [1.54, 1.807) is 11.8 Å². The zero-order valence-corrected chi connectivity index (χ0v) is 13.3. The average Bonchev–Trinajstić information content (AvgIpc) is 2.38. The summed E-state index contributed by atoms with van der Waals surface area (Å²) >= 11 is 5.25. The first-order valence-corrected chi connectivity index (χ1v) is 7.11. The number of rotatable bonds is 5. The van der Waals surface area contributed by atoms with E-state index in [4.69, 9.17) is 12.2 Å². The van der Waals surface area contributed by atoms with Gasteiger partial charge < -0.3 is 15.3 Å². The van der Waals surface area contributed by atoms with E-state index in [-0.39, 0.29) is 0 Å². The van der Waals surface area contributed by atoms with E-state index >= 15 is 0 Å². The maximum absolute atomic E-state index is 11.2. The Bertz CT molecular complexity index is 501. The SMILES string of the molecule is CCCc1ccc(C(C)C(=O)O)c(NC(=S)N(C)C)c1. The summed E-state index contributed by atoms with van der Waals surface area (Å²) in [6, 6.07) is 5.86. The van der Waals surface area contributed by atoms with Crippen LogP contribution in [-0.2, 0) is 11.2 Å². The molecule has 0 aliphatic heterocycles. The average molecular weight is 294 g/mol. The lowest BCUT2D eigenvalue weighted by Gasteiger charge is -2.20. The second-order valence-electron chi connectivity index (χ2n) is 5.06. The van der Waals surface area contributed by atoms with Crippen LogP contribution in [0.3, 0.4) is 0 Å². The molecule has 1 aromatic rings. The van der Waals surface area contributed by atoms with Gasteiger partial charge in [0.25, 0.3) is 0 Å². The highest BCUT2D eigenvalue weighted by molar-refractivity contribution is 7.80. The number of aliphatic carboxylic acids is 1. The lowest BCUT2D eigenvalue weighted by atomic mass is 9.96. The predicted molar refractivity (Wildman–Crippen MR) is 86.4 cm³/mol. The smallest absolute Gasteiger partial charge is 0.310 e.